The predicted octanol–water partition coefficient (Wildman–Crippen LogP) is 0.899. The number of nitrogens with one attached hydrogen (secondary N) is 2. The maximum Gasteiger partial charge on any atom is 0.311 e. The number of nitrogen functional groups attached to an aromatic ring is 1. The van der Waals surface area contributed by atoms with Gasteiger partial charge in [-0.3, -0.25) is 14.9 Å². The third kappa shape index (κ3) is 4.78. The largest absolute Gasteiger partial charge is 0.384 e. The summed E-state index contributed by atoms with van der Waals surface area (Å²) in [5, 5.41) is 16.1. The summed E-state index contributed by atoms with van der Waals surface area (Å²) < 4.78 is 0. The highest BCUT2D eigenvalue weighted by Crippen LogP contribution is 2.22. The Morgan fingerprint density at radius 2 is 2.11 bits per heavy atom. The number of pyridine rings is 1. The Kier molecular flexibility index (Phi) is 4.26. The first kappa shape index (κ1) is 14.7. The molecule has 0 saturated carbocycles. The molecule has 0 bridgehead atoms. The van der Waals surface area contributed by atoms with Crippen LogP contribution in [0, 0.1) is 10.1 Å². The van der Waals surface area contributed by atoms with E-state index in [1.165, 1.54) is 12.1 Å². The van der Waals surface area contributed by atoms with Crippen LogP contribution in [-0.4, -0.2) is 27.9 Å². The number of hydrogen-bond acceptors (Lipinski definition) is 6. The lowest BCUT2D eigenvalue weighted by Crippen LogP contribution is -2.43. The molecule has 104 valence electrons. The predicted molar refractivity (Wildman–Crippen MR) is 71.7 cm³/mol. The fraction of sp³-hybridized carbons (Fsp3) is 0.455. The van der Waals surface area contributed by atoms with Gasteiger partial charge in [0.2, 0.25) is 11.7 Å². The SMILES string of the molecule is CC(C)(C)NC(=O)CNc1nc(N)ccc1[N+](=O)[O-]. The van der Waals surface area contributed by atoms with Crippen LogP contribution in [0.2, 0.25) is 0 Å². The fourth-order valence-electron chi connectivity index (χ4n) is 1.37. The third-order valence-electron chi connectivity index (χ3n) is 2.02. The number of carbonyl (C=O) groups excluding carboxylic acids is 1. The van der Waals surface area contributed by atoms with E-state index < -0.39 is 4.92 Å². The van der Waals surface area contributed by atoms with Crippen LogP contribution in [0.15, 0.2) is 12.1 Å². The number of amides is 1. The van der Waals surface area contributed by atoms with Crippen LogP contribution in [0.5, 0.6) is 0 Å². The quantitative estimate of drug-likeness (QED) is 0.550. The molecule has 1 amide bonds. The molecule has 8 nitrogen and oxygen atoms in total. The maximum absolute atomic E-state index is 11.6. The van der Waals surface area contributed by atoms with Gasteiger partial charge in [0, 0.05) is 11.6 Å². The Morgan fingerprint density at radius 3 is 2.63 bits per heavy atom. The number of hydrogen-bond donors (Lipinski definition) is 3. The molecular formula is C11H17N5O3. The van der Waals surface area contributed by atoms with Gasteiger partial charge < -0.3 is 16.4 Å². The van der Waals surface area contributed by atoms with Crippen molar-refractivity contribution in [3.63, 3.8) is 0 Å². The number of rotatable bonds is 4. The van der Waals surface area contributed by atoms with E-state index in [1.54, 1.807) is 0 Å². The van der Waals surface area contributed by atoms with Crippen molar-refractivity contribution in [2.75, 3.05) is 17.6 Å². The van der Waals surface area contributed by atoms with Gasteiger partial charge in [0.15, 0.2) is 0 Å². The molecule has 0 aromatic carbocycles. The number of nitrogens with zero attached hydrogens (tertiary/aromatic N) is 2. The summed E-state index contributed by atoms with van der Waals surface area (Å²) in [7, 11) is 0. The minimum absolute atomic E-state index is 0.0194. The second kappa shape index (κ2) is 5.51. The Morgan fingerprint density at radius 1 is 1.47 bits per heavy atom. The van der Waals surface area contributed by atoms with Crippen molar-refractivity contribution in [2.45, 2.75) is 26.3 Å². The van der Waals surface area contributed by atoms with Crippen molar-refractivity contribution < 1.29 is 9.72 Å². The summed E-state index contributed by atoms with van der Waals surface area (Å²) in [6.45, 7) is 5.40. The van der Waals surface area contributed by atoms with Gasteiger partial charge in [-0.25, -0.2) is 4.98 Å². The first-order valence-corrected chi connectivity index (χ1v) is 5.65. The minimum Gasteiger partial charge on any atom is -0.384 e. The Hall–Kier alpha value is -2.38. The Labute approximate surface area is 110 Å². The summed E-state index contributed by atoms with van der Waals surface area (Å²) in [5.74, 6) is -0.163. The van der Waals surface area contributed by atoms with Gasteiger partial charge >= 0.3 is 5.69 Å². The molecule has 0 atom stereocenters. The zero-order chi connectivity index (χ0) is 14.6. The molecule has 0 aliphatic heterocycles. The lowest BCUT2D eigenvalue weighted by atomic mass is 10.1. The number of anilines is 2. The maximum atomic E-state index is 11.6. The summed E-state index contributed by atoms with van der Waals surface area (Å²) in [6, 6.07) is 2.57. The average Bonchev–Trinajstić information content (AvgIpc) is 2.23. The summed E-state index contributed by atoms with van der Waals surface area (Å²) in [5.41, 5.74) is 4.87. The van der Waals surface area contributed by atoms with Crippen molar-refractivity contribution >= 4 is 23.2 Å². The number of aromatic nitrogens is 1. The highest BCUT2D eigenvalue weighted by molar-refractivity contribution is 5.81. The molecule has 0 aliphatic carbocycles. The van der Waals surface area contributed by atoms with E-state index in [0.717, 1.165) is 0 Å². The molecule has 0 unspecified atom stereocenters. The van der Waals surface area contributed by atoms with Crippen molar-refractivity contribution in [3.05, 3.63) is 22.2 Å². The zero-order valence-corrected chi connectivity index (χ0v) is 11.1. The van der Waals surface area contributed by atoms with E-state index in [4.69, 9.17) is 5.73 Å². The standard InChI is InChI=1S/C11H17N5O3/c1-11(2,3)15-9(17)6-13-10-7(16(18)19)4-5-8(12)14-10/h4-5H,6H2,1-3H3,(H,15,17)(H3,12,13,14). The second-order valence-corrected chi connectivity index (χ2v) is 5.01. The van der Waals surface area contributed by atoms with E-state index in [-0.39, 0.29) is 35.3 Å². The summed E-state index contributed by atoms with van der Waals surface area (Å²) in [4.78, 5) is 25.6. The molecule has 1 aromatic heterocycles. The third-order valence-corrected chi connectivity index (χ3v) is 2.02. The molecule has 1 aromatic rings. The average molecular weight is 267 g/mol. The molecule has 1 rings (SSSR count). The van der Waals surface area contributed by atoms with E-state index in [1.807, 2.05) is 20.8 Å². The van der Waals surface area contributed by atoms with Gasteiger partial charge in [-0.2, -0.15) is 0 Å². The van der Waals surface area contributed by atoms with Crippen LogP contribution >= 0.6 is 0 Å². The van der Waals surface area contributed by atoms with Crippen LogP contribution in [-0.2, 0) is 4.79 Å². The Balaban J connectivity index is 2.75. The van der Waals surface area contributed by atoms with Crippen LogP contribution in [0.3, 0.4) is 0 Å². The molecule has 0 aliphatic rings. The van der Waals surface area contributed by atoms with Crippen molar-refractivity contribution in [1.29, 1.82) is 0 Å². The van der Waals surface area contributed by atoms with Gasteiger partial charge in [-0.05, 0) is 26.8 Å². The van der Waals surface area contributed by atoms with Crippen molar-refractivity contribution in [2.24, 2.45) is 0 Å². The van der Waals surface area contributed by atoms with Gasteiger partial charge in [-0.15, -0.1) is 0 Å². The second-order valence-electron chi connectivity index (χ2n) is 5.01. The number of carbonyl (C=O) groups is 1. The van der Waals surface area contributed by atoms with Gasteiger partial charge in [-0.1, -0.05) is 0 Å². The molecule has 0 spiro atoms. The lowest BCUT2D eigenvalue weighted by Gasteiger charge is -2.20. The van der Waals surface area contributed by atoms with E-state index in [0.29, 0.717) is 0 Å². The van der Waals surface area contributed by atoms with Crippen LogP contribution in [0.4, 0.5) is 17.3 Å². The lowest BCUT2D eigenvalue weighted by molar-refractivity contribution is -0.384. The molecule has 1 heterocycles. The topological polar surface area (TPSA) is 123 Å². The smallest absolute Gasteiger partial charge is 0.311 e. The van der Waals surface area contributed by atoms with Crippen molar-refractivity contribution in [3.8, 4) is 0 Å². The molecule has 4 N–H and O–H groups in total. The van der Waals surface area contributed by atoms with Gasteiger partial charge in [0.1, 0.15) is 5.82 Å². The van der Waals surface area contributed by atoms with E-state index in [2.05, 4.69) is 15.6 Å². The zero-order valence-electron chi connectivity index (χ0n) is 11.1. The number of nitro groups is 1. The van der Waals surface area contributed by atoms with Gasteiger partial charge in [0.05, 0.1) is 11.5 Å². The highest BCUT2D eigenvalue weighted by Gasteiger charge is 2.18. The summed E-state index contributed by atoms with van der Waals surface area (Å²) in [6.07, 6.45) is 0. The van der Waals surface area contributed by atoms with Crippen LogP contribution in [0.25, 0.3) is 0 Å². The van der Waals surface area contributed by atoms with Gasteiger partial charge in [0.25, 0.3) is 0 Å². The van der Waals surface area contributed by atoms with Crippen LogP contribution < -0.4 is 16.4 Å². The molecule has 0 radical (unpaired) electrons. The summed E-state index contributed by atoms with van der Waals surface area (Å²) >= 11 is 0. The fourth-order valence-corrected chi connectivity index (χ4v) is 1.37. The number of nitrogens with two attached hydrogens (primary N) is 1. The first-order valence-electron chi connectivity index (χ1n) is 5.65. The molecule has 8 heteroatoms. The molecule has 19 heavy (non-hydrogen) atoms. The normalized spacial score (nSPS) is 10.9. The highest BCUT2D eigenvalue weighted by atomic mass is 16.6. The minimum atomic E-state index is -0.587. The Bertz CT molecular complexity index is 496. The first-order chi connectivity index (χ1) is 8.69. The monoisotopic (exact) mass is 267 g/mol. The molecular weight excluding hydrogens is 250 g/mol. The van der Waals surface area contributed by atoms with Crippen molar-refractivity contribution in [1.82, 2.24) is 10.3 Å². The van der Waals surface area contributed by atoms with E-state index in [9.17, 15) is 14.9 Å². The molecule has 0 saturated heterocycles. The van der Waals surface area contributed by atoms with Crippen LogP contribution in [0.1, 0.15) is 20.8 Å². The molecule has 0 fully saturated rings. The van der Waals surface area contributed by atoms with E-state index >= 15 is 0 Å².